The van der Waals surface area contributed by atoms with Crippen LogP contribution >= 0.6 is 0 Å². The third-order valence-corrected chi connectivity index (χ3v) is 2.65. The van der Waals surface area contributed by atoms with Gasteiger partial charge in [0.15, 0.2) is 0 Å². The Kier molecular flexibility index (Phi) is 3.28. The van der Waals surface area contributed by atoms with Gasteiger partial charge in [-0.1, -0.05) is 13.8 Å². The van der Waals surface area contributed by atoms with Gasteiger partial charge >= 0.3 is 0 Å². The number of alkyl halides is 1. The molecule has 1 aliphatic carbocycles. The summed E-state index contributed by atoms with van der Waals surface area (Å²) in [6, 6.07) is 0. The lowest BCUT2D eigenvalue weighted by Crippen LogP contribution is -2.37. The average molecular weight is 187 g/mol. The summed E-state index contributed by atoms with van der Waals surface area (Å²) in [6.45, 7) is 4.15. The third-order valence-electron chi connectivity index (χ3n) is 2.65. The lowest BCUT2D eigenvalue weighted by atomic mass is 9.79. The first-order chi connectivity index (χ1) is 6.03. The highest BCUT2D eigenvalue weighted by Crippen LogP contribution is 2.38. The largest absolute Gasteiger partial charge is 0.356 e. The monoisotopic (exact) mass is 187 g/mol. The minimum Gasteiger partial charge on any atom is -0.356 e. The zero-order valence-electron chi connectivity index (χ0n) is 8.40. The van der Waals surface area contributed by atoms with Gasteiger partial charge in [0.25, 0.3) is 0 Å². The molecule has 2 nitrogen and oxygen atoms in total. The molecule has 0 aromatic carbocycles. The molecule has 0 bridgehead atoms. The van der Waals surface area contributed by atoms with Crippen molar-refractivity contribution in [2.24, 2.45) is 5.92 Å². The molecule has 76 valence electrons. The molecule has 0 radical (unpaired) electrons. The van der Waals surface area contributed by atoms with Crippen molar-refractivity contribution in [3.63, 3.8) is 0 Å². The maximum Gasteiger partial charge on any atom is 0.222 e. The van der Waals surface area contributed by atoms with Crippen LogP contribution in [-0.2, 0) is 4.79 Å². The maximum absolute atomic E-state index is 13.4. The van der Waals surface area contributed by atoms with Crippen molar-refractivity contribution >= 4 is 5.91 Å². The van der Waals surface area contributed by atoms with Crippen molar-refractivity contribution in [1.82, 2.24) is 5.32 Å². The van der Waals surface area contributed by atoms with Crippen LogP contribution in [0.25, 0.3) is 0 Å². The Morgan fingerprint density at radius 1 is 1.54 bits per heavy atom. The Balaban J connectivity index is 2.10. The second-order valence-electron chi connectivity index (χ2n) is 4.20. The quantitative estimate of drug-likeness (QED) is 0.717. The molecule has 0 unspecified atom stereocenters. The smallest absolute Gasteiger partial charge is 0.222 e. The molecule has 1 saturated carbocycles. The van der Waals surface area contributed by atoms with Crippen molar-refractivity contribution in [3.8, 4) is 0 Å². The lowest BCUT2D eigenvalue weighted by Gasteiger charge is -2.33. The number of nitrogens with one attached hydrogen (secondary N) is 1. The van der Waals surface area contributed by atoms with Crippen molar-refractivity contribution in [3.05, 3.63) is 0 Å². The zero-order valence-corrected chi connectivity index (χ0v) is 8.40. The summed E-state index contributed by atoms with van der Waals surface area (Å²) in [4.78, 5) is 11.1. The van der Waals surface area contributed by atoms with Gasteiger partial charge in [0, 0.05) is 12.5 Å². The average Bonchev–Trinajstić information content (AvgIpc) is 2.01. The Morgan fingerprint density at radius 3 is 2.54 bits per heavy atom. The van der Waals surface area contributed by atoms with Crippen LogP contribution in [-0.4, -0.2) is 18.1 Å². The molecule has 13 heavy (non-hydrogen) atoms. The summed E-state index contributed by atoms with van der Waals surface area (Å²) in [6.07, 6.45) is 2.81. The summed E-state index contributed by atoms with van der Waals surface area (Å²) < 4.78 is 13.4. The number of amides is 1. The van der Waals surface area contributed by atoms with Crippen LogP contribution in [0.15, 0.2) is 0 Å². The van der Waals surface area contributed by atoms with Crippen molar-refractivity contribution in [2.75, 3.05) is 6.54 Å². The summed E-state index contributed by atoms with van der Waals surface area (Å²) in [5.74, 6) is 0.0138. The molecule has 0 atom stereocenters. The zero-order chi connectivity index (χ0) is 9.90. The number of rotatable bonds is 4. The van der Waals surface area contributed by atoms with E-state index in [9.17, 15) is 9.18 Å². The second-order valence-corrected chi connectivity index (χ2v) is 4.20. The second kappa shape index (κ2) is 4.07. The number of carbonyl (C=O) groups excluding carboxylic acids is 1. The van der Waals surface area contributed by atoms with Gasteiger partial charge in [0.2, 0.25) is 5.91 Å². The van der Waals surface area contributed by atoms with E-state index < -0.39 is 5.67 Å². The Bertz CT molecular complexity index is 187. The highest BCUT2D eigenvalue weighted by atomic mass is 19.1. The Hall–Kier alpha value is -0.600. The van der Waals surface area contributed by atoms with E-state index >= 15 is 0 Å². The summed E-state index contributed by atoms with van der Waals surface area (Å²) >= 11 is 0. The predicted molar refractivity (Wildman–Crippen MR) is 50.2 cm³/mol. The topological polar surface area (TPSA) is 29.1 Å². The van der Waals surface area contributed by atoms with Crippen LogP contribution in [0.4, 0.5) is 4.39 Å². The molecule has 0 saturated heterocycles. The van der Waals surface area contributed by atoms with Crippen molar-refractivity contribution in [1.29, 1.82) is 0 Å². The minimum atomic E-state index is -0.968. The number of halogens is 1. The minimum absolute atomic E-state index is 0.00282. The summed E-state index contributed by atoms with van der Waals surface area (Å²) in [7, 11) is 0. The fourth-order valence-corrected chi connectivity index (χ4v) is 1.42. The van der Waals surface area contributed by atoms with Gasteiger partial charge in [-0.05, 0) is 25.7 Å². The molecule has 1 fully saturated rings. The van der Waals surface area contributed by atoms with Crippen LogP contribution in [0.1, 0.15) is 39.5 Å². The van der Waals surface area contributed by atoms with Gasteiger partial charge in [-0.25, -0.2) is 4.39 Å². The van der Waals surface area contributed by atoms with Gasteiger partial charge in [-0.15, -0.1) is 0 Å². The van der Waals surface area contributed by atoms with Crippen LogP contribution in [0.2, 0.25) is 0 Å². The normalized spacial score (nSPS) is 19.7. The standard InChI is InChI=1S/C10H18FNO/c1-8(2)9(13)12-7-6-10(11)4-3-5-10/h8H,3-7H2,1-2H3,(H,12,13). The highest BCUT2D eigenvalue weighted by molar-refractivity contribution is 5.77. The number of hydrogen-bond acceptors (Lipinski definition) is 1. The molecule has 3 heteroatoms. The molecule has 1 N–H and O–H groups in total. The van der Waals surface area contributed by atoms with Crippen molar-refractivity contribution < 1.29 is 9.18 Å². The van der Waals surface area contributed by atoms with E-state index in [1.807, 2.05) is 13.8 Å². The van der Waals surface area contributed by atoms with Gasteiger partial charge in [0.1, 0.15) is 5.67 Å². The number of hydrogen-bond donors (Lipinski definition) is 1. The van der Waals surface area contributed by atoms with Gasteiger partial charge in [-0.2, -0.15) is 0 Å². The van der Waals surface area contributed by atoms with Gasteiger partial charge in [0.05, 0.1) is 0 Å². The van der Waals surface area contributed by atoms with E-state index in [0.717, 1.165) is 6.42 Å². The molecule has 1 rings (SSSR count). The van der Waals surface area contributed by atoms with E-state index in [1.54, 1.807) is 0 Å². The van der Waals surface area contributed by atoms with E-state index in [0.29, 0.717) is 25.8 Å². The van der Waals surface area contributed by atoms with Crippen molar-refractivity contribution in [2.45, 2.75) is 45.2 Å². The molecule has 0 aliphatic heterocycles. The predicted octanol–water partition coefficient (Wildman–Crippen LogP) is 2.04. The lowest BCUT2D eigenvalue weighted by molar-refractivity contribution is -0.124. The van der Waals surface area contributed by atoms with Gasteiger partial charge < -0.3 is 5.32 Å². The summed E-state index contributed by atoms with van der Waals surface area (Å²) in [5.41, 5.74) is -0.968. The SMILES string of the molecule is CC(C)C(=O)NCCC1(F)CCC1. The fraction of sp³-hybridized carbons (Fsp3) is 0.900. The van der Waals surface area contributed by atoms with Crippen LogP contribution < -0.4 is 5.32 Å². The van der Waals surface area contributed by atoms with Crippen LogP contribution in [0, 0.1) is 5.92 Å². The first-order valence-electron chi connectivity index (χ1n) is 5.00. The number of carbonyl (C=O) groups is 1. The van der Waals surface area contributed by atoms with E-state index in [1.165, 1.54) is 0 Å². The van der Waals surface area contributed by atoms with E-state index in [2.05, 4.69) is 5.32 Å². The molecular weight excluding hydrogens is 169 g/mol. The molecule has 0 aromatic heterocycles. The molecule has 1 amide bonds. The van der Waals surface area contributed by atoms with E-state index in [4.69, 9.17) is 0 Å². The third kappa shape index (κ3) is 2.98. The molecular formula is C10H18FNO. The van der Waals surface area contributed by atoms with E-state index in [-0.39, 0.29) is 11.8 Å². The molecule has 0 heterocycles. The Labute approximate surface area is 78.9 Å². The highest BCUT2D eigenvalue weighted by Gasteiger charge is 2.36. The first kappa shape index (κ1) is 10.5. The molecule has 0 spiro atoms. The summed E-state index contributed by atoms with van der Waals surface area (Å²) in [5, 5.41) is 2.73. The maximum atomic E-state index is 13.4. The fourth-order valence-electron chi connectivity index (χ4n) is 1.42. The van der Waals surface area contributed by atoms with Crippen LogP contribution in [0.3, 0.4) is 0 Å². The molecule has 0 aromatic rings. The van der Waals surface area contributed by atoms with Gasteiger partial charge in [-0.3, -0.25) is 4.79 Å². The first-order valence-corrected chi connectivity index (χ1v) is 5.00. The van der Waals surface area contributed by atoms with Crippen LogP contribution in [0.5, 0.6) is 0 Å². The Morgan fingerprint density at radius 2 is 2.15 bits per heavy atom. The molecule has 1 aliphatic rings.